The van der Waals surface area contributed by atoms with Crippen molar-refractivity contribution in [3.05, 3.63) is 65.2 Å². The topological polar surface area (TPSA) is 59.8 Å². The molecule has 4 rings (SSSR count). The molecule has 1 N–H and O–H groups in total. The minimum absolute atomic E-state index is 0.0430. The van der Waals surface area contributed by atoms with Gasteiger partial charge in [0.2, 0.25) is 0 Å². The molecule has 0 radical (unpaired) electrons. The first-order valence-electron chi connectivity index (χ1n) is 8.62. The smallest absolute Gasteiger partial charge is 0.256 e. The van der Waals surface area contributed by atoms with Gasteiger partial charge in [0.15, 0.2) is 5.65 Å². The molecule has 0 saturated heterocycles. The summed E-state index contributed by atoms with van der Waals surface area (Å²) >= 11 is 1.51. The third kappa shape index (κ3) is 3.38. The number of thiophene rings is 1. The summed E-state index contributed by atoms with van der Waals surface area (Å²) in [5.41, 5.74) is 1.60. The Morgan fingerprint density at radius 3 is 2.57 bits per heavy atom. The summed E-state index contributed by atoms with van der Waals surface area (Å²) in [6.07, 6.45) is 1.58. The number of fused-ring (bicyclic) bond motifs is 1. The Morgan fingerprint density at radius 1 is 1.18 bits per heavy atom. The number of benzene rings is 1. The van der Waals surface area contributed by atoms with Crippen molar-refractivity contribution in [1.82, 2.24) is 14.8 Å². The molecule has 1 amide bonds. The second kappa shape index (κ2) is 7.12. The fourth-order valence-corrected chi connectivity index (χ4v) is 3.64. The van der Waals surface area contributed by atoms with E-state index in [1.165, 1.54) is 11.3 Å². The highest BCUT2D eigenvalue weighted by molar-refractivity contribution is 7.13. The third-order valence-electron chi connectivity index (χ3n) is 4.19. The molecule has 1 aromatic carbocycles. The molecule has 3 aromatic heterocycles. The van der Waals surface area contributed by atoms with Gasteiger partial charge in [0.25, 0.3) is 5.91 Å². The van der Waals surface area contributed by atoms with E-state index in [1.54, 1.807) is 16.9 Å². The Hall–Kier alpha value is -3.13. The molecule has 0 aliphatic carbocycles. The largest absolute Gasteiger partial charge is 0.322 e. The fraction of sp³-hybridized carbons (Fsp3) is 0.150. The molecule has 0 fully saturated rings. The molecular weight excluding hydrogens is 382 g/mol. The number of anilines is 1. The fourth-order valence-electron chi connectivity index (χ4n) is 2.96. The van der Waals surface area contributed by atoms with Crippen molar-refractivity contribution in [3.63, 3.8) is 0 Å². The zero-order valence-electron chi connectivity index (χ0n) is 15.1. The molecule has 0 aliphatic heterocycles. The molecule has 8 heteroatoms. The average molecular weight is 398 g/mol. The van der Waals surface area contributed by atoms with Gasteiger partial charge in [-0.1, -0.05) is 6.07 Å². The number of pyridine rings is 1. The number of rotatable bonds is 4. The number of nitrogens with one attached hydrogen (secondary N) is 1. The molecule has 0 unspecified atom stereocenters. The number of hydrogen-bond acceptors (Lipinski definition) is 4. The summed E-state index contributed by atoms with van der Waals surface area (Å²) in [4.78, 5) is 18.5. The van der Waals surface area contributed by atoms with Crippen LogP contribution in [0.25, 0.3) is 21.6 Å². The van der Waals surface area contributed by atoms with E-state index < -0.39 is 17.5 Å². The Morgan fingerprint density at radius 2 is 1.93 bits per heavy atom. The summed E-state index contributed by atoms with van der Waals surface area (Å²) in [7, 11) is 0. The average Bonchev–Trinajstić information content (AvgIpc) is 3.29. The van der Waals surface area contributed by atoms with Crippen LogP contribution in [0.4, 0.5) is 14.5 Å². The predicted octanol–water partition coefficient (Wildman–Crippen LogP) is 5.27. The van der Waals surface area contributed by atoms with Crippen LogP contribution in [0, 0.1) is 11.6 Å². The van der Waals surface area contributed by atoms with Gasteiger partial charge in [0.1, 0.15) is 11.6 Å². The van der Waals surface area contributed by atoms with Crippen molar-refractivity contribution in [2.45, 2.75) is 19.9 Å². The van der Waals surface area contributed by atoms with Crippen LogP contribution in [-0.4, -0.2) is 20.7 Å². The highest BCUT2D eigenvalue weighted by Crippen LogP contribution is 2.29. The molecule has 0 bridgehead atoms. The first-order valence-corrected chi connectivity index (χ1v) is 9.50. The van der Waals surface area contributed by atoms with E-state index in [4.69, 9.17) is 0 Å². The zero-order chi connectivity index (χ0) is 19.8. The molecule has 0 saturated carbocycles. The van der Waals surface area contributed by atoms with E-state index in [9.17, 15) is 13.6 Å². The van der Waals surface area contributed by atoms with Crippen molar-refractivity contribution in [1.29, 1.82) is 0 Å². The maximum atomic E-state index is 13.5. The van der Waals surface area contributed by atoms with Crippen LogP contribution in [0.15, 0.2) is 48.0 Å². The number of hydrogen-bond donors (Lipinski definition) is 1. The summed E-state index contributed by atoms with van der Waals surface area (Å²) in [6, 6.07) is 8.43. The molecule has 5 nitrogen and oxygen atoms in total. The second-order valence-corrected chi connectivity index (χ2v) is 7.51. The Bertz CT molecular complexity index is 1150. The monoisotopic (exact) mass is 398 g/mol. The molecule has 4 aromatic rings. The first kappa shape index (κ1) is 18.2. The molecule has 0 aliphatic rings. The van der Waals surface area contributed by atoms with Gasteiger partial charge < -0.3 is 5.32 Å². The SMILES string of the molecule is CC(C)n1ncc2c(C(=O)Nc3cc(F)cc(F)c3)cc(-c3cccs3)nc21. The zero-order valence-corrected chi connectivity index (χ0v) is 15.9. The third-order valence-corrected chi connectivity index (χ3v) is 5.09. The minimum atomic E-state index is -0.762. The van der Waals surface area contributed by atoms with Crippen LogP contribution in [-0.2, 0) is 0 Å². The molecule has 142 valence electrons. The molecule has 0 spiro atoms. The number of aromatic nitrogens is 3. The van der Waals surface area contributed by atoms with Crippen molar-refractivity contribution >= 4 is 34.0 Å². The van der Waals surface area contributed by atoms with Gasteiger partial charge in [-0.15, -0.1) is 11.3 Å². The van der Waals surface area contributed by atoms with E-state index in [2.05, 4.69) is 15.4 Å². The van der Waals surface area contributed by atoms with Gasteiger partial charge in [0.05, 0.1) is 27.7 Å². The lowest BCUT2D eigenvalue weighted by atomic mass is 10.1. The van der Waals surface area contributed by atoms with Gasteiger partial charge in [-0.05, 0) is 43.5 Å². The van der Waals surface area contributed by atoms with Crippen molar-refractivity contribution in [3.8, 4) is 10.6 Å². The Labute approximate surface area is 163 Å². The lowest BCUT2D eigenvalue weighted by Crippen LogP contribution is -2.13. The van der Waals surface area contributed by atoms with Gasteiger partial charge in [0, 0.05) is 17.8 Å². The van der Waals surface area contributed by atoms with Crippen LogP contribution in [0.1, 0.15) is 30.2 Å². The Kier molecular flexibility index (Phi) is 4.64. The number of carbonyl (C=O) groups is 1. The van der Waals surface area contributed by atoms with Crippen LogP contribution >= 0.6 is 11.3 Å². The summed E-state index contributed by atoms with van der Waals surface area (Å²) in [5.74, 6) is -2.01. The standard InChI is InChI=1S/C20H16F2N4OS/c1-11(2)26-19-16(10-23-26)15(9-17(25-19)18-4-3-5-28-18)20(27)24-14-7-12(21)6-13(22)8-14/h3-11H,1-2H3,(H,24,27). The highest BCUT2D eigenvalue weighted by Gasteiger charge is 2.19. The lowest BCUT2D eigenvalue weighted by Gasteiger charge is -2.10. The van der Waals surface area contributed by atoms with Gasteiger partial charge in [-0.2, -0.15) is 5.10 Å². The van der Waals surface area contributed by atoms with Crippen molar-refractivity contribution in [2.24, 2.45) is 0 Å². The maximum Gasteiger partial charge on any atom is 0.256 e. The van der Waals surface area contributed by atoms with Crippen LogP contribution in [0.2, 0.25) is 0 Å². The molecule has 0 atom stereocenters. The van der Waals surface area contributed by atoms with E-state index in [0.717, 1.165) is 23.1 Å². The van der Waals surface area contributed by atoms with Crippen molar-refractivity contribution < 1.29 is 13.6 Å². The maximum absolute atomic E-state index is 13.5. The molecule has 28 heavy (non-hydrogen) atoms. The number of carbonyl (C=O) groups excluding carboxylic acids is 1. The summed E-state index contributed by atoms with van der Waals surface area (Å²) < 4.78 is 28.7. The van der Waals surface area contributed by atoms with Crippen LogP contribution < -0.4 is 5.32 Å². The Balaban J connectivity index is 1.83. The second-order valence-electron chi connectivity index (χ2n) is 6.56. The molecular formula is C20H16F2N4OS. The number of nitrogens with zero attached hydrogens (tertiary/aromatic N) is 3. The molecule has 3 heterocycles. The van der Waals surface area contributed by atoms with E-state index in [1.807, 2.05) is 31.4 Å². The number of amides is 1. The van der Waals surface area contributed by atoms with Crippen LogP contribution in [0.3, 0.4) is 0 Å². The summed E-state index contributed by atoms with van der Waals surface area (Å²) in [5, 5.41) is 9.42. The van der Waals surface area contributed by atoms with Crippen molar-refractivity contribution in [2.75, 3.05) is 5.32 Å². The van der Waals surface area contributed by atoms with Gasteiger partial charge in [-0.3, -0.25) is 4.79 Å². The highest BCUT2D eigenvalue weighted by atomic mass is 32.1. The normalized spacial score (nSPS) is 11.3. The van der Waals surface area contributed by atoms with Gasteiger partial charge in [-0.25, -0.2) is 18.4 Å². The predicted molar refractivity (Wildman–Crippen MR) is 106 cm³/mol. The van der Waals surface area contributed by atoms with Gasteiger partial charge >= 0.3 is 0 Å². The van der Waals surface area contributed by atoms with E-state index >= 15 is 0 Å². The van der Waals surface area contributed by atoms with E-state index in [-0.39, 0.29) is 11.7 Å². The number of halogens is 2. The minimum Gasteiger partial charge on any atom is -0.322 e. The lowest BCUT2D eigenvalue weighted by molar-refractivity contribution is 0.102. The quantitative estimate of drug-likeness (QED) is 0.509. The van der Waals surface area contributed by atoms with Crippen LogP contribution in [0.5, 0.6) is 0 Å². The summed E-state index contributed by atoms with van der Waals surface area (Å²) in [6.45, 7) is 3.95. The first-order chi connectivity index (χ1) is 13.4. The van der Waals surface area contributed by atoms with E-state index in [0.29, 0.717) is 22.3 Å².